The summed E-state index contributed by atoms with van der Waals surface area (Å²) in [6.45, 7) is 3.38. The minimum absolute atomic E-state index is 0.622. The van der Waals surface area contributed by atoms with Gasteiger partial charge in [-0.05, 0) is 12.8 Å². The zero-order valence-electron chi connectivity index (χ0n) is 9.11. The minimum atomic E-state index is 0.622. The molecule has 1 N–H and O–H groups in total. The summed E-state index contributed by atoms with van der Waals surface area (Å²) >= 11 is 3.61. The second kappa shape index (κ2) is 5.87. The van der Waals surface area contributed by atoms with E-state index in [1.54, 1.807) is 11.3 Å². The van der Waals surface area contributed by atoms with E-state index in [1.807, 2.05) is 23.3 Å². The van der Waals surface area contributed by atoms with Gasteiger partial charge >= 0.3 is 0 Å². The quantitative estimate of drug-likeness (QED) is 0.803. The molecule has 84 valence electrons. The lowest BCUT2D eigenvalue weighted by Gasteiger charge is -2.15. The summed E-state index contributed by atoms with van der Waals surface area (Å²) in [7, 11) is 0. The summed E-state index contributed by atoms with van der Waals surface area (Å²) < 4.78 is 1.19. The number of aromatic nitrogens is 1. The Labute approximate surface area is 99.9 Å². The number of hydrogen-bond donors (Lipinski definition) is 1. The molecule has 1 aromatic rings. The molecule has 0 bridgehead atoms. The van der Waals surface area contributed by atoms with Crippen LogP contribution in [-0.2, 0) is 0 Å². The van der Waals surface area contributed by atoms with Crippen LogP contribution in [-0.4, -0.2) is 22.8 Å². The molecular formula is C11H18N2S2. The highest BCUT2D eigenvalue weighted by Gasteiger charge is 2.15. The van der Waals surface area contributed by atoms with E-state index in [9.17, 15) is 0 Å². The molecule has 2 rings (SSSR count). The lowest BCUT2D eigenvalue weighted by molar-refractivity contribution is 0.527. The Balaban J connectivity index is 1.66. The molecule has 1 fully saturated rings. The normalized spacial score (nSPS) is 19.5. The molecule has 1 unspecified atom stereocenters. The predicted molar refractivity (Wildman–Crippen MR) is 67.7 cm³/mol. The fourth-order valence-electron chi connectivity index (χ4n) is 1.94. The lowest BCUT2D eigenvalue weighted by Crippen LogP contribution is -2.31. The van der Waals surface area contributed by atoms with Crippen LogP contribution in [0.25, 0.3) is 0 Å². The predicted octanol–water partition coefficient (Wildman–Crippen LogP) is 3.16. The maximum atomic E-state index is 4.29. The summed E-state index contributed by atoms with van der Waals surface area (Å²) in [4.78, 5) is 4.29. The van der Waals surface area contributed by atoms with Crippen molar-refractivity contribution in [1.82, 2.24) is 10.3 Å². The molecular weight excluding hydrogens is 224 g/mol. The maximum Gasteiger partial charge on any atom is 0.150 e. The Bertz CT molecular complexity index is 268. The summed E-state index contributed by atoms with van der Waals surface area (Å²) in [6, 6.07) is 0.782. The molecule has 1 atom stereocenters. The number of nitrogens with one attached hydrogen (secondary N) is 1. The lowest BCUT2D eigenvalue weighted by atomic mass is 10.2. The van der Waals surface area contributed by atoms with Crippen molar-refractivity contribution in [3.63, 3.8) is 0 Å². The number of thiazole rings is 1. The fourth-order valence-corrected chi connectivity index (χ4v) is 3.83. The molecule has 0 amide bonds. The van der Waals surface area contributed by atoms with E-state index >= 15 is 0 Å². The van der Waals surface area contributed by atoms with Crippen molar-refractivity contribution in [2.45, 2.75) is 48.2 Å². The van der Waals surface area contributed by atoms with Crippen LogP contribution < -0.4 is 5.32 Å². The first-order chi connectivity index (χ1) is 7.34. The Morgan fingerprint density at radius 1 is 1.60 bits per heavy atom. The molecule has 0 aromatic carbocycles. The van der Waals surface area contributed by atoms with E-state index in [4.69, 9.17) is 0 Å². The van der Waals surface area contributed by atoms with Crippen LogP contribution in [0.4, 0.5) is 0 Å². The van der Waals surface area contributed by atoms with Crippen LogP contribution in [0.5, 0.6) is 0 Å². The third kappa shape index (κ3) is 3.78. The first-order valence-corrected chi connectivity index (χ1v) is 7.40. The van der Waals surface area contributed by atoms with Gasteiger partial charge in [0.25, 0.3) is 0 Å². The van der Waals surface area contributed by atoms with Crippen LogP contribution in [0.2, 0.25) is 0 Å². The number of thioether (sulfide) groups is 1. The van der Waals surface area contributed by atoms with Crippen LogP contribution in [0.1, 0.15) is 32.6 Å². The molecule has 1 saturated carbocycles. The van der Waals surface area contributed by atoms with Gasteiger partial charge in [0.05, 0.1) is 0 Å². The topological polar surface area (TPSA) is 24.9 Å². The molecule has 4 heteroatoms. The van der Waals surface area contributed by atoms with E-state index in [2.05, 4.69) is 17.2 Å². The van der Waals surface area contributed by atoms with Crippen molar-refractivity contribution in [2.75, 3.05) is 6.54 Å². The zero-order valence-corrected chi connectivity index (χ0v) is 10.7. The number of rotatable bonds is 5. The van der Waals surface area contributed by atoms with Crippen LogP contribution in [0.15, 0.2) is 15.9 Å². The Morgan fingerprint density at radius 2 is 2.40 bits per heavy atom. The van der Waals surface area contributed by atoms with Gasteiger partial charge in [0.1, 0.15) is 4.34 Å². The molecule has 1 aromatic heterocycles. The molecule has 1 heterocycles. The highest BCUT2D eigenvalue weighted by molar-refractivity contribution is 8.01. The second-order valence-electron chi connectivity index (χ2n) is 4.12. The van der Waals surface area contributed by atoms with Crippen LogP contribution in [0, 0.1) is 0 Å². The monoisotopic (exact) mass is 242 g/mol. The Kier molecular flexibility index (Phi) is 4.47. The van der Waals surface area contributed by atoms with Gasteiger partial charge in [0.2, 0.25) is 0 Å². The van der Waals surface area contributed by atoms with Gasteiger partial charge in [0, 0.05) is 29.4 Å². The van der Waals surface area contributed by atoms with Crippen LogP contribution in [0.3, 0.4) is 0 Å². The van der Waals surface area contributed by atoms with Gasteiger partial charge < -0.3 is 5.32 Å². The Morgan fingerprint density at radius 3 is 3.07 bits per heavy atom. The molecule has 0 saturated heterocycles. The van der Waals surface area contributed by atoms with Crippen molar-refractivity contribution in [3.8, 4) is 0 Å². The van der Waals surface area contributed by atoms with E-state index in [1.165, 1.54) is 30.0 Å². The smallest absolute Gasteiger partial charge is 0.150 e. The van der Waals surface area contributed by atoms with Crippen molar-refractivity contribution in [1.29, 1.82) is 0 Å². The SMILES string of the molecule is CC(CNC1CCCC1)Sc1nccs1. The highest BCUT2D eigenvalue weighted by atomic mass is 32.2. The van der Waals surface area contributed by atoms with E-state index in [-0.39, 0.29) is 0 Å². The average molecular weight is 242 g/mol. The van der Waals surface area contributed by atoms with Crippen molar-refractivity contribution in [3.05, 3.63) is 11.6 Å². The second-order valence-corrected chi connectivity index (χ2v) is 6.70. The zero-order chi connectivity index (χ0) is 10.5. The van der Waals surface area contributed by atoms with Crippen molar-refractivity contribution < 1.29 is 0 Å². The van der Waals surface area contributed by atoms with Crippen molar-refractivity contribution >= 4 is 23.1 Å². The van der Waals surface area contributed by atoms with Gasteiger partial charge in [-0.15, -0.1) is 11.3 Å². The van der Waals surface area contributed by atoms with Crippen molar-refractivity contribution in [2.24, 2.45) is 0 Å². The summed E-state index contributed by atoms with van der Waals surface area (Å²) in [5, 5.41) is 6.31. The average Bonchev–Trinajstić information content (AvgIpc) is 2.86. The molecule has 15 heavy (non-hydrogen) atoms. The standard InChI is InChI=1S/C11H18N2S2/c1-9(15-11-12-6-7-14-11)8-13-10-4-2-3-5-10/h6-7,9-10,13H,2-5,8H2,1H3. The summed E-state index contributed by atoms with van der Waals surface area (Å²) in [5.41, 5.74) is 0. The third-order valence-corrected chi connectivity index (χ3v) is 4.78. The molecule has 0 aliphatic heterocycles. The molecule has 0 spiro atoms. The number of hydrogen-bond acceptors (Lipinski definition) is 4. The van der Waals surface area contributed by atoms with Gasteiger partial charge in [-0.25, -0.2) is 4.98 Å². The van der Waals surface area contributed by atoms with Crippen LogP contribution >= 0.6 is 23.1 Å². The van der Waals surface area contributed by atoms with Gasteiger partial charge in [-0.3, -0.25) is 0 Å². The first-order valence-electron chi connectivity index (χ1n) is 5.64. The fraction of sp³-hybridized carbons (Fsp3) is 0.727. The number of nitrogens with zero attached hydrogens (tertiary/aromatic N) is 1. The molecule has 1 aliphatic rings. The molecule has 1 aliphatic carbocycles. The third-order valence-electron chi connectivity index (χ3n) is 2.76. The Hall–Kier alpha value is -0.0600. The largest absolute Gasteiger partial charge is 0.313 e. The van der Waals surface area contributed by atoms with E-state index < -0.39 is 0 Å². The molecule has 2 nitrogen and oxygen atoms in total. The highest BCUT2D eigenvalue weighted by Crippen LogP contribution is 2.25. The minimum Gasteiger partial charge on any atom is -0.313 e. The maximum absolute atomic E-state index is 4.29. The van der Waals surface area contributed by atoms with Gasteiger partial charge in [0.15, 0.2) is 0 Å². The van der Waals surface area contributed by atoms with Gasteiger partial charge in [-0.2, -0.15) is 0 Å². The van der Waals surface area contributed by atoms with E-state index in [0.29, 0.717) is 5.25 Å². The van der Waals surface area contributed by atoms with Gasteiger partial charge in [-0.1, -0.05) is 31.5 Å². The first kappa shape index (κ1) is 11.4. The summed E-state index contributed by atoms with van der Waals surface area (Å²) in [6.07, 6.45) is 7.44. The molecule has 0 radical (unpaired) electrons. The summed E-state index contributed by atoms with van der Waals surface area (Å²) in [5.74, 6) is 0. The van der Waals surface area contributed by atoms with E-state index in [0.717, 1.165) is 12.6 Å².